The largest absolute Gasteiger partial charge is 0.493 e. The van der Waals surface area contributed by atoms with Crippen LogP contribution >= 0.6 is 0 Å². The number of carbonyl (C=O) groups excluding carboxylic acids is 3. The van der Waals surface area contributed by atoms with Crippen LogP contribution in [-0.4, -0.2) is 49.5 Å². The summed E-state index contributed by atoms with van der Waals surface area (Å²) < 4.78 is 16.0. The van der Waals surface area contributed by atoms with Gasteiger partial charge < -0.3 is 19.5 Å². The second-order valence-electron chi connectivity index (χ2n) is 6.17. The first kappa shape index (κ1) is 18.0. The Labute approximate surface area is 151 Å². The molecule has 1 aromatic rings. The molecule has 0 radical (unpaired) electrons. The van der Waals surface area contributed by atoms with Gasteiger partial charge in [0.15, 0.2) is 11.5 Å². The quantitative estimate of drug-likeness (QED) is 0.769. The highest BCUT2D eigenvalue weighted by Gasteiger charge is 2.47. The Bertz CT molecular complexity index is 747. The number of hydrogen-bond acceptors (Lipinski definition) is 6. The average Bonchev–Trinajstić information content (AvgIpc) is 3.18. The van der Waals surface area contributed by atoms with Gasteiger partial charge in [-0.25, -0.2) is 4.79 Å². The zero-order chi connectivity index (χ0) is 18.8. The number of ether oxygens (including phenoxy) is 3. The minimum absolute atomic E-state index is 0.220. The van der Waals surface area contributed by atoms with Crippen molar-refractivity contribution in [1.82, 2.24) is 10.2 Å². The fourth-order valence-corrected chi connectivity index (χ4v) is 3.41. The number of cyclic esters (lactones) is 1. The van der Waals surface area contributed by atoms with Gasteiger partial charge in [0.25, 0.3) is 0 Å². The van der Waals surface area contributed by atoms with Crippen LogP contribution in [0, 0.1) is 0 Å². The van der Waals surface area contributed by atoms with E-state index < -0.39 is 18.2 Å². The van der Waals surface area contributed by atoms with Crippen molar-refractivity contribution < 1.29 is 28.6 Å². The Morgan fingerprint density at radius 1 is 1.31 bits per heavy atom. The number of amides is 2. The molecule has 2 unspecified atom stereocenters. The molecule has 0 aromatic heterocycles. The molecule has 2 aliphatic rings. The number of rotatable bonds is 6. The van der Waals surface area contributed by atoms with Crippen LogP contribution in [0.2, 0.25) is 0 Å². The minimum Gasteiger partial charge on any atom is -0.493 e. The third kappa shape index (κ3) is 2.85. The fraction of sp³-hybridized carbons (Fsp3) is 0.500. The standard InChI is InChI=1S/C18H22N2O6/c1-4-9-19-16(22)11-6-8-13(21)20(11)17-10-5-7-12(24-2)15(25-3)14(10)18(23)26-17/h5,7,11,17H,4,6,8-9H2,1-3H3,(H,19,22). The molecule has 1 N–H and O–H groups in total. The molecule has 26 heavy (non-hydrogen) atoms. The molecule has 8 heteroatoms. The van der Waals surface area contributed by atoms with E-state index >= 15 is 0 Å². The Morgan fingerprint density at radius 2 is 2.08 bits per heavy atom. The SMILES string of the molecule is CCCNC(=O)C1CCC(=O)N1C1OC(=O)c2c1ccc(OC)c2OC. The van der Waals surface area contributed by atoms with Crippen LogP contribution in [0.1, 0.15) is 48.3 Å². The number of hydrogen-bond donors (Lipinski definition) is 1. The van der Waals surface area contributed by atoms with E-state index in [0.29, 0.717) is 24.3 Å². The van der Waals surface area contributed by atoms with Crippen molar-refractivity contribution in [3.05, 3.63) is 23.3 Å². The number of methoxy groups -OCH3 is 2. The number of benzene rings is 1. The van der Waals surface area contributed by atoms with Crippen LogP contribution in [0.4, 0.5) is 0 Å². The smallest absolute Gasteiger partial charge is 0.344 e. The third-order valence-corrected chi connectivity index (χ3v) is 4.63. The van der Waals surface area contributed by atoms with E-state index in [1.165, 1.54) is 19.1 Å². The summed E-state index contributed by atoms with van der Waals surface area (Å²) in [4.78, 5) is 38.7. The molecule has 2 aliphatic heterocycles. The van der Waals surface area contributed by atoms with E-state index in [4.69, 9.17) is 14.2 Å². The predicted molar refractivity (Wildman–Crippen MR) is 90.9 cm³/mol. The molecule has 0 spiro atoms. The Hall–Kier alpha value is -2.77. The molecular weight excluding hydrogens is 340 g/mol. The van der Waals surface area contributed by atoms with E-state index in [1.54, 1.807) is 12.1 Å². The monoisotopic (exact) mass is 362 g/mol. The lowest BCUT2D eigenvalue weighted by molar-refractivity contribution is -0.145. The Morgan fingerprint density at radius 3 is 2.73 bits per heavy atom. The van der Waals surface area contributed by atoms with Crippen LogP contribution in [0.5, 0.6) is 11.5 Å². The fourth-order valence-electron chi connectivity index (χ4n) is 3.41. The molecule has 8 nitrogen and oxygen atoms in total. The van der Waals surface area contributed by atoms with Crippen LogP contribution < -0.4 is 14.8 Å². The molecule has 1 fully saturated rings. The normalized spacial score (nSPS) is 21.4. The van der Waals surface area contributed by atoms with Gasteiger partial charge in [0.05, 0.1) is 14.2 Å². The van der Waals surface area contributed by atoms with Crippen molar-refractivity contribution in [2.24, 2.45) is 0 Å². The van der Waals surface area contributed by atoms with E-state index in [1.807, 2.05) is 6.92 Å². The maximum Gasteiger partial charge on any atom is 0.344 e. The summed E-state index contributed by atoms with van der Waals surface area (Å²) in [6.07, 6.45) is 0.487. The van der Waals surface area contributed by atoms with Gasteiger partial charge in [0, 0.05) is 18.5 Å². The van der Waals surface area contributed by atoms with Crippen molar-refractivity contribution in [3.63, 3.8) is 0 Å². The van der Waals surface area contributed by atoms with Crippen molar-refractivity contribution in [1.29, 1.82) is 0 Å². The maximum atomic E-state index is 12.4. The van der Waals surface area contributed by atoms with Crippen molar-refractivity contribution in [2.45, 2.75) is 38.5 Å². The van der Waals surface area contributed by atoms with Gasteiger partial charge in [0.2, 0.25) is 18.0 Å². The van der Waals surface area contributed by atoms with E-state index in [9.17, 15) is 14.4 Å². The van der Waals surface area contributed by atoms with Gasteiger partial charge in [0.1, 0.15) is 11.6 Å². The van der Waals surface area contributed by atoms with Gasteiger partial charge in [-0.15, -0.1) is 0 Å². The molecule has 1 saturated heterocycles. The highest BCUT2D eigenvalue weighted by Crippen LogP contribution is 2.45. The van der Waals surface area contributed by atoms with Crippen LogP contribution in [0.3, 0.4) is 0 Å². The summed E-state index contributed by atoms with van der Waals surface area (Å²) in [5.74, 6) is -0.400. The first-order chi connectivity index (χ1) is 12.5. The summed E-state index contributed by atoms with van der Waals surface area (Å²) in [5.41, 5.74) is 0.723. The minimum atomic E-state index is -0.940. The van der Waals surface area contributed by atoms with Gasteiger partial charge in [-0.2, -0.15) is 0 Å². The zero-order valence-corrected chi connectivity index (χ0v) is 15.0. The second-order valence-corrected chi connectivity index (χ2v) is 6.17. The van der Waals surface area contributed by atoms with E-state index in [-0.39, 0.29) is 29.5 Å². The summed E-state index contributed by atoms with van der Waals surface area (Å²) in [6.45, 7) is 2.48. The molecule has 0 aliphatic carbocycles. The Balaban J connectivity index is 1.97. The number of fused-ring (bicyclic) bond motifs is 1. The number of esters is 1. The summed E-state index contributed by atoms with van der Waals surface area (Å²) in [6, 6.07) is 2.66. The zero-order valence-electron chi connectivity index (χ0n) is 15.0. The van der Waals surface area contributed by atoms with Crippen LogP contribution in [0.25, 0.3) is 0 Å². The van der Waals surface area contributed by atoms with Crippen LogP contribution in [-0.2, 0) is 14.3 Å². The second kappa shape index (κ2) is 7.23. The van der Waals surface area contributed by atoms with Gasteiger partial charge in [-0.05, 0) is 25.0 Å². The third-order valence-electron chi connectivity index (χ3n) is 4.63. The molecule has 2 amide bonds. The first-order valence-corrected chi connectivity index (χ1v) is 8.58. The van der Waals surface area contributed by atoms with Crippen LogP contribution in [0.15, 0.2) is 12.1 Å². The molecular formula is C18H22N2O6. The highest BCUT2D eigenvalue weighted by molar-refractivity contribution is 5.99. The summed E-state index contributed by atoms with van der Waals surface area (Å²) in [7, 11) is 2.90. The molecule has 2 heterocycles. The van der Waals surface area contributed by atoms with E-state index in [0.717, 1.165) is 6.42 Å². The van der Waals surface area contributed by atoms with Gasteiger partial charge >= 0.3 is 5.97 Å². The summed E-state index contributed by atoms with van der Waals surface area (Å²) in [5, 5.41) is 2.81. The van der Waals surface area contributed by atoms with Gasteiger partial charge in [-0.1, -0.05) is 6.92 Å². The molecule has 0 bridgehead atoms. The van der Waals surface area contributed by atoms with E-state index in [2.05, 4.69) is 5.32 Å². The van der Waals surface area contributed by atoms with Crippen molar-refractivity contribution in [3.8, 4) is 11.5 Å². The first-order valence-electron chi connectivity index (χ1n) is 8.58. The number of likely N-dealkylation sites (tertiary alicyclic amines) is 1. The number of carbonyl (C=O) groups is 3. The molecule has 1 aromatic carbocycles. The van der Waals surface area contributed by atoms with Crippen molar-refractivity contribution >= 4 is 17.8 Å². The highest BCUT2D eigenvalue weighted by atomic mass is 16.6. The van der Waals surface area contributed by atoms with Crippen molar-refractivity contribution in [2.75, 3.05) is 20.8 Å². The van der Waals surface area contributed by atoms with Gasteiger partial charge in [-0.3, -0.25) is 14.5 Å². The topological polar surface area (TPSA) is 94.2 Å². The Kier molecular flexibility index (Phi) is 5.01. The molecule has 140 valence electrons. The lowest BCUT2D eigenvalue weighted by atomic mass is 10.1. The number of nitrogens with one attached hydrogen (secondary N) is 1. The number of nitrogens with zero attached hydrogens (tertiary/aromatic N) is 1. The summed E-state index contributed by atoms with van der Waals surface area (Å²) >= 11 is 0. The molecule has 0 saturated carbocycles. The lowest BCUT2D eigenvalue weighted by Gasteiger charge is -2.29. The molecule has 3 rings (SSSR count). The lowest BCUT2D eigenvalue weighted by Crippen LogP contribution is -2.46. The molecule has 2 atom stereocenters. The maximum absolute atomic E-state index is 12.4. The predicted octanol–water partition coefficient (Wildman–Crippen LogP) is 1.39. The average molecular weight is 362 g/mol.